The second-order valence-electron chi connectivity index (χ2n) is 2.87. The van der Waals surface area contributed by atoms with Crippen molar-refractivity contribution in [3.05, 3.63) is 30.2 Å². The third kappa shape index (κ3) is 1.35. The summed E-state index contributed by atoms with van der Waals surface area (Å²) >= 11 is 0. The summed E-state index contributed by atoms with van der Waals surface area (Å²) in [7, 11) is 1.45. The summed E-state index contributed by atoms with van der Waals surface area (Å²) in [5.41, 5.74) is 0.534. The van der Waals surface area contributed by atoms with E-state index in [0.29, 0.717) is 16.7 Å². The molecular formula is C10H8FNO2. The van der Waals surface area contributed by atoms with E-state index in [4.69, 9.17) is 9.84 Å². The Hall–Kier alpha value is -1.84. The van der Waals surface area contributed by atoms with Crippen LogP contribution >= 0.6 is 0 Å². The highest BCUT2D eigenvalue weighted by atomic mass is 19.1. The first-order valence-electron chi connectivity index (χ1n) is 4.03. The number of rotatable bonds is 1. The predicted molar refractivity (Wildman–Crippen MR) is 49.9 cm³/mol. The van der Waals surface area contributed by atoms with E-state index in [2.05, 4.69) is 4.98 Å². The molecule has 3 nitrogen and oxygen atoms in total. The Labute approximate surface area is 79.8 Å². The summed E-state index contributed by atoms with van der Waals surface area (Å²) in [5.74, 6) is -0.0492. The van der Waals surface area contributed by atoms with Gasteiger partial charge in [0.05, 0.1) is 13.3 Å². The van der Waals surface area contributed by atoms with Gasteiger partial charge in [-0.1, -0.05) is 0 Å². The average molecular weight is 193 g/mol. The number of methoxy groups -OCH3 is 1. The van der Waals surface area contributed by atoms with Crippen molar-refractivity contribution < 1.29 is 14.2 Å². The number of aromatic nitrogens is 1. The van der Waals surface area contributed by atoms with Gasteiger partial charge in [0.1, 0.15) is 22.8 Å². The molecule has 1 N–H and O–H groups in total. The van der Waals surface area contributed by atoms with Crippen LogP contribution in [0.4, 0.5) is 4.39 Å². The van der Waals surface area contributed by atoms with E-state index < -0.39 is 5.82 Å². The number of aromatic hydroxyl groups is 1. The molecule has 0 aliphatic heterocycles. The van der Waals surface area contributed by atoms with Crippen molar-refractivity contribution >= 4 is 10.9 Å². The molecule has 0 radical (unpaired) electrons. The molecule has 14 heavy (non-hydrogen) atoms. The van der Waals surface area contributed by atoms with Crippen molar-refractivity contribution in [2.75, 3.05) is 7.11 Å². The molecular weight excluding hydrogens is 185 g/mol. The van der Waals surface area contributed by atoms with E-state index in [1.54, 1.807) is 0 Å². The number of pyridine rings is 1. The van der Waals surface area contributed by atoms with E-state index in [1.807, 2.05) is 0 Å². The van der Waals surface area contributed by atoms with Crippen LogP contribution in [0.25, 0.3) is 10.9 Å². The lowest BCUT2D eigenvalue weighted by molar-refractivity contribution is 0.415. The van der Waals surface area contributed by atoms with Crippen LogP contribution in [-0.4, -0.2) is 17.2 Å². The number of hydrogen-bond acceptors (Lipinski definition) is 3. The maximum absolute atomic E-state index is 13.0. The van der Waals surface area contributed by atoms with Crippen LogP contribution in [0.5, 0.6) is 11.5 Å². The van der Waals surface area contributed by atoms with E-state index in [9.17, 15) is 4.39 Å². The Kier molecular flexibility index (Phi) is 1.96. The van der Waals surface area contributed by atoms with Gasteiger partial charge in [-0.2, -0.15) is 0 Å². The van der Waals surface area contributed by atoms with Gasteiger partial charge < -0.3 is 9.84 Å². The van der Waals surface area contributed by atoms with Gasteiger partial charge in [-0.05, 0) is 12.1 Å². The van der Waals surface area contributed by atoms with E-state index in [-0.39, 0.29) is 5.75 Å². The highest BCUT2D eigenvalue weighted by Gasteiger charge is 2.06. The molecule has 1 heterocycles. The minimum Gasteiger partial charge on any atom is -0.506 e. The summed E-state index contributed by atoms with van der Waals surface area (Å²) in [5, 5.41) is 9.67. The van der Waals surface area contributed by atoms with E-state index >= 15 is 0 Å². The first-order valence-corrected chi connectivity index (χ1v) is 4.03. The summed E-state index contributed by atoms with van der Waals surface area (Å²) in [4.78, 5) is 3.95. The number of ether oxygens (including phenoxy) is 1. The molecule has 0 amide bonds. The molecule has 0 aliphatic carbocycles. The molecule has 0 atom stereocenters. The van der Waals surface area contributed by atoms with Gasteiger partial charge >= 0.3 is 0 Å². The van der Waals surface area contributed by atoms with Gasteiger partial charge in [0.2, 0.25) is 0 Å². The molecule has 2 rings (SSSR count). The van der Waals surface area contributed by atoms with Gasteiger partial charge in [0.25, 0.3) is 0 Å². The van der Waals surface area contributed by atoms with Crippen LogP contribution in [-0.2, 0) is 0 Å². The van der Waals surface area contributed by atoms with Crippen molar-refractivity contribution in [3.8, 4) is 11.5 Å². The first kappa shape index (κ1) is 8.74. The molecule has 0 unspecified atom stereocenters. The molecule has 0 saturated heterocycles. The SMILES string of the molecule is COc1cc(F)cc2cc(O)cnc12. The normalized spacial score (nSPS) is 10.4. The first-order chi connectivity index (χ1) is 6.70. The number of benzene rings is 1. The zero-order valence-electron chi connectivity index (χ0n) is 7.49. The van der Waals surface area contributed by atoms with Gasteiger partial charge in [-0.25, -0.2) is 9.37 Å². The number of halogens is 1. The fourth-order valence-corrected chi connectivity index (χ4v) is 1.33. The lowest BCUT2D eigenvalue weighted by Gasteiger charge is -2.04. The predicted octanol–water partition coefficient (Wildman–Crippen LogP) is 2.09. The summed E-state index contributed by atoms with van der Waals surface area (Å²) in [6.07, 6.45) is 1.29. The Morgan fingerprint density at radius 2 is 2.14 bits per heavy atom. The summed E-state index contributed by atoms with van der Waals surface area (Å²) < 4.78 is 18.0. The average Bonchev–Trinajstić information content (AvgIpc) is 2.15. The topological polar surface area (TPSA) is 42.4 Å². The monoisotopic (exact) mass is 193 g/mol. The molecule has 0 saturated carbocycles. The van der Waals surface area contributed by atoms with Crippen LogP contribution < -0.4 is 4.74 Å². The zero-order valence-corrected chi connectivity index (χ0v) is 7.49. The Balaban J connectivity index is 2.81. The number of hydrogen-bond donors (Lipinski definition) is 1. The zero-order chi connectivity index (χ0) is 10.1. The van der Waals surface area contributed by atoms with E-state index in [0.717, 1.165) is 0 Å². The lowest BCUT2D eigenvalue weighted by atomic mass is 10.2. The highest BCUT2D eigenvalue weighted by Crippen LogP contribution is 2.26. The molecule has 0 spiro atoms. The smallest absolute Gasteiger partial charge is 0.148 e. The van der Waals surface area contributed by atoms with Crippen molar-refractivity contribution in [1.29, 1.82) is 0 Å². The minimum atomic E-state index is -0.415. The van der Waals surface area contributed by atoms with Crippen LogP contribution in [0.15, 0.2) is 24.4 Å². The van der Waals surface area contributed by atoms with Crippen molar-refractivity contribution in [1.82, 2.24) is 4.98 Å². The maximum atomic E-state index is 13.0. The quantitative estimate of drug-likeness (QED) is 0.754. The molecule has 72 valence electrons. The fraction of sp³-hybridized carbons (Fsp3) is 0.100. The Morgan fingerprint density at radius 3 is 2.86 bits per heavy atom. The highest BCUT2D eigenvalue weighted by molar-refractivity contribution is 5.85. The standard InChI is InChI=1S/C10H8FNO2/c1-14-9-4-7(11)2-6-3-8(13)5-12-10(6)9/h2-5,13H,1H3. The number of fused-ring (bicyclic) bond motifs is 1. The lowest BCUT2D eigenvalue weighted by Crippen LogP contribution is -1.89. The van der Waals surface area contributed by atoms with Gasteiger partial charge in [-0.3, -0.25) is 0 Å². The largest absolute Gasteiger partial charge is 0.506 e. The molecule has 0 bridgehead atoms. The molecule has 0 fully saturated rings. The van der Waals surface area contributed by atoms with Gasteiger partial charge in [0, 0.05) is 11.5 Å². The van der Waals surface area contributed by atoms with Gasteiger partial charge in [0.15, 0.2) is 0 Å². The third-order valence-electron chi connectivity index (χ3n) is 1.92. The Morgan fingerprint density at radius 1 is 1.36 bits per heavy atom. The van der Waals surface area contributed by atoms with Crippen LogP contribution in [0, 0.1) is 5.82 Å². The Bertz CT molecular complexity index is 480. The van der Waals surface area contributed by atoms with Crippen molar-refractivity contribution in [3.63, 3.8) is 0 Å². The van der Waals surface area contributed by atoms with Gasteiger partial charge in [-0.15, -0.1) is 0 Å². The second kappa shape index (κ2) is 3.14. The minimum absolute atomic E-state index is 0.00477. The second-order valence-corrected chi connectivity index (χ2v) is 2.87. The number of nitrogens with zero attached hydrogens (tertiary/aromatic N) is 1. The van der Waals surface area contributed by atoms with Crippen LogP contribution in [0.1, 0.15) is 0 Å². The molecule has 1 aromatic heterocycles. The van der Waals surface area contributed by atoms with Crippen LogP contribution in [0.3, 0.4) is 0 Å². The molecule has 2 aromatic rings. The molecule has 4 heteroatoms. The van der Waals surface area contributed by atoms with Crippen molar-refractivity contribution in [2.45, 2.75) is 0 Å². The summed E-state index contributed by atoms with van der Waals surface area (Å²) in [6.45, 7) is 0. The fourth-order valence-electron chi connectivity index (χ4n) is 1.33. The third-order valence-corrected chi connectivity index (χ3v) is 1.92. The summed E-state index contributed by atoms with van der Waals surface area (Å²) in [6, 6.07) is 3.99. The molecule has 0 aliphatic rings. The van der Waals surface area contributed by atoms with E-state index in [1.165, 1.54) is 31.5 Å². The van der Waals surface area contributed by atoms with Crippen LogP contribution in [0.2, 0.25) is 0 Å². The maximum Gasteiger partial charge on any atom is 0.148 e. The molecule has 1 aromatic carbocycles. The van der Waals surface area contributed by atoms with Crippen molar-refractivity contribution in [2.24, 2.45) is 0 Å².